The SMILES string of the molecule is O=C(Nc1ccc2c(c1)OCCO2)c1[nH]c2ccccc2c1Cl. The van der Waals surface area contributed by atoms with Crippen molar-refractivity contribution in [3.05, 3.63) is 53.2 Å². The molecule has 4 rings (SSSR count). The van der Waals surface area contributed by atoms with Gasteiger partial charge in [-0.05, 0) is 18.2 Å². The van der Waals surface area contributed by atoms with Crippen molar-refractivity contribution in [3.63, 3.8) is 0 Å². The minimum absolute atomic E-state index is 0.303. The average Bonchev–Trinajstić information content (AvgIpc) is 2.92. The highest BCUT2D eigenvalue weighted by molar-refractivity contribution is 6.39. The maximum atomic E-state index is 12.5. The molecule has 1 amide bonds. The Labute approximate surface area is 137 Å². The first kappa shape index (κ1) is 14.0. The van der Waals surface area contributed by atoms with E-state index >= 15 is 0 Å². The van der Waals surface area contributed by atoms with Crippen LogP contribution in [0.25, 0.3) is 10.9 Å². The summed E-state index contributed by atoms with van der Waals surface area (Å²) in [5, 5.41) is 4.05. The molecule has 0 spiro atoms. The monoisotopic (exact) mass is 328 g/mol. The fraction of sp³-hybridized carbons (Fsp3) is 0.118. The van der Waals surface area contributed by atoms with Gasteiger partial charge in [0.25, 0.3) is 5.91 Å². The second kappa shape index (κ2) is 5.52. The Bertz CT molecular complexity index is 904. The van der Waals surface area contributed by atoms with Crippen molar-refractivity contribution < 1.29 is 14.3 Å². The van der Waals surface area contributed by atoms with Crippen LogP contribution in [0.1, 0.15) is 10.5 Å². The molecule has 2 aromatic carbocycles. The summed E-state index contributed by atoms with van der Waals surface area (Å²) in [6, 6.07) is 12.8. The summed E-state index contributed by atoms with van der Waals surface area (Å²) in [5.74, 6) is 0.998. The van der Waals surface area contributed by atoms with E-state index in [1.165, 1.54) is 0 Å². The summed E-state index contributed by atoms with van der Waals surface area (Å²) < 4.78 is 11.0. The number of hydrogen-bond donors (Lipinski definition) is 2. The average molecular weight is 329 g/mol. The highest BCUT2D eigenvalue weighted by Gasteiger charge is 2.18. The molecule has 1 aliphatic heterocycles. The summed E-state index contributed by atoms with van der Waals surface area (Å²) in [7, 11) is 0. The Morgan fingerprint density at radius 1 is 1.09 bits per heavy atom. The molecule has 1 aliphatic rings. The molecule has 3 aromatic rings. The van der Waals surface area contributed by atoms with Crippen LogP contribution in [-0.4, -0.2) is 24.1 Å². The Hall–Kier alpha value is -2.66. The van der Waals surface area contributed by atoms with Crippen LogP contribution in [0.4, 0.5) is 5.69 Å². The zero-order chi connectivity index (χ0) is 15.8. The van der Waals surface area contributed by atoms with Gasteiger partial charge in [0.15, 0.2) is 11.5 Å². The zero-order valence-corrected chi connectivity index (χ0v) is 12.8. The molecule has 2 heterocycles. The minimum Gasteiger partial charge on any atom is -0.486 e. The van der Waals surface area contributed by atoms with Crippen molar-refractivity contribution in [3.8, 4) is 11.5 Å². The molecule has 5 nitrogen and oxygen atoms in total. The molecule has 6 heteroatoms. The number of aromatic amines is 1. The van der Waals surface area contributed by atoms with Gasteiger partial charge in [-0.25, -0.2) is 0 Å². The van der Waals surface area contributed by atoms with Crippen molar-refractivity contribution in [1.82, 2.24) is 4.98 Å². The maximum Gasteiger partial charge on any atom is 0.273 e. The standard InChI is InChI=1S/C17H13ClN2O3/c18-15-11-3-1-2-4-12(11)20-16(15)17(21)19-10-5-6-13-14(9-10)23-8-7-22-13/h1-6,9,20H,7-8H2,(H,19,21). The van der Waals surface area contributed by atoms with Gasteiger partial charge in [-0.1, -0.05) is 29.8 Å². The van der Waals surface area contributed by atoms with E-state index in [0.717, 1.165) is 10.9 Å². The Morgan fingerprint density at radius 2 is 1.87 bits per heavy atom. The predicted molar refractivity (Wildman–Crippen MR) is 88.7 cm³/mol. The van der Waals surface area contributed by atoms with E-state index < -0.39 is 0 Å². The lowest BCUT2D eigenvalue weighted by molar-refractivity contribution is 0.102. The Morgan fingerprint density at radius 3 is 2.70 bits per heavy atom. The fourth-order valence-corrected chi connectivity index (χ4v) is 2.88. The number of amides is 1. The predicted octanol–water partition coefficient (Wildman–Crippen LogP) is 3.84. The zero-order valence-electron chi connectivity index (χ0n) is 12.1. The molecule has 23 heavy (non-hydrogen) atoms. The first-order valence-electron chi connectivity index (χ1n) is 7.19. The van der Waals surface area contributed by atoms with Crippen LogP contribution in [0.3, 0.4) is 0 Å². The molecule has 0 fully saturated rings. The molecule has 0 saturated carbocycles. The molecule has 0 bridgehead atoms. The fourth-order valence-electron chi connectivity index (χ4n) is 2.58. The van der Waals surface area contributed by atoms with Crippen LogP contribution >= 0.6 is 11.6 Å². The Kier molecular flexibility index (Phi) is 3.35. The number of carbonyl (C=O) groups is 1. The number of hydrogen-bond acceptors (Lipinski definition) is 3. The number of anilines is 1. The quantitative estimate of drug-likeness (QED) is 0.751. The number of carbonyl (C=O) groups excluding carboxylic acids is 1. The number of aromatic nitrogens is 1. The number of para-hydroxylation sites is 1. The van der Waals surface area contributed by atoms with Crippen molar-refractivity contribution in [1.29, 1.82) is 0 Å². The van der Waals surface area contributed by atoms with Crippen molar-refractivity contribution in [2.24, 2.45) is 0 Å². The van der Waals surface area contributed by atoms with Crippen LogP contribution in [0.5, 0.6) is 11.5 Å². The van der Waals surface area contributed by atoms with Crippen molar-refractivity contribution >= 4 is 34.1 Å². The third kappa shape index (κ3) is 2.49. The third-order valence-corrected chi connectivity index (χ3v) is 4.06. The van der Waals surface area contributed by atoms with Gasteiger partial charge in [-0.2, -0.15) is 0 Å². The molecule has 0 atom stereocenters. The van der Waals surface area contributed by atoms with Crippen LogP contribution in [0.15, 0.2) is 42.5 Å². The van der Waals surface area contributed by atoms with Crippen molar-refractivity contribution in [2.45, 2.75) is 0 Å². The van der Waals surface area contributed by atoms with Crippen molar-refractivity contribution in [2.75, 3.05) is 18.5 Å². The normalized spacial score (nSPS) is 13.1. The van der Waals surface area contributed by atoms with Gasteiger partial charge in [0, 0.05) is 22.7 Å². The number of halogens is 1. The molecule has 0 radical (unpaired) electrons. The lowest BCUT2D eigenvalue weighted by Gasteiger charge is -2.18. The van der Waals surface area contributed by atoms with Gasteiger partial charge in [0.2, 0.25) is 0 Å². The molecule has 0 aliphatic carbocycles. The van der Waals surface area contributed by atoms with E-state index in [1.807, 2.05) is 24.3 Å². The van der Waals surface area contributed by atoms with E-state index in [-0.39, 0.29) is 5.91 Å². The topological polar surface area (TPSA) is 63.4 Å². The number of rotatable bonds is 2. The molecular formula is C17H13ClN2O3. The van der Waals surface area contributed by atoms with E-state index in [4.69, 9.17) is 21.1 Å². The summed E-state index contributed by atoms with van der Waals surface area (Å²) in [4.78, 5) is 15.5. The molecule has 2 N–H and O–H groups in total. The van der Waals surface area contributed by atoms with Crippen LogP contribution in [-0.2, 0) is 0 Å². The van der Waals surface area contributed by atoms with Gasteiger partial charge in [0.05, 0.1) is 5.02 Å². The van der Waals surface area contributed by atoms with Gasteiger partial charge < -0.3 is 19.8 Å². The second-order valence-corrected chi connectivity index (χ2v) is 5.55. The Balaban J connectivity index is 1.63. The summed E-state index contributed by atoms with van der Waals surface area (Å²) in [6.45, 7) is 1.03. The molecule has 0 saturated heterocycles. The smallest absolute Gasteiger partial charge is 0.273 e. The van der Waals surface area contributed by atoms with E-state index in [0.29, 0.717) is 41.1 Å². The number of ether oxygens (including phenoxy) is 2. The number of fused-ring (bicyclic) bond motifs is 2. The molecule has 1 aromatic heterocycles. The molecule has 116 valence electrons. The number of nitrogens with one attached hydrogen (secondary N) is 2. The lowest BCUT2D eigenvalue weighted by atomic mass is 10.2. The first-order chi connectivity index (χ1) is 11.2. The maximum absolute atomic E-state index is 12.5. The van der Waals surface area contributed by atoms with Gasteiger partial charge in [-0.3, -0.25) is 4.79 Å². The number of benzene rings is 2. The third-order valence-electron chi connectivity index (χ3n) is 3.67. The van der Waals surface area contributed by atoms with Gasteiger partial charge in [-0.15, -0.1) is 0 Å². The van der Waals surface area contributed by atoms with Crippen LogP contribution in [0.2, 0.25) is 5.02 Å². The van der Waals surface area contributed by atoms with E-state index in [1.54, 1.807) is 18.2 Å². The van der Waals surface area contributed by atoms with Crippen LogP contribution < -0.4 is 14.8 Å². The highest BCUT2D eigenvalue weighted by Crippen LogP contribution is 2.33. The number of H-pyrrole nitrogens is 1. The van der Waals surface area contributed by atoms with Gasteiger partial charge in [0.1, 0.15) is 18.9 Å². The lowest BCUT2D eigenvalue weighted by Crippen LogP contribution is -2.16. The van der Waals surface area contributed by atoms with Gasteiger partial charge >= 0.3 is 0 Å². The summed E-state index contributed by atoms with van der Waals surface area (Å²) in [5.41, 5.74) is 1.78. The first-order valence-corrected chi connectivity index (χ1v) is 7.57. The summed E-state index contributed by atoms with van der Waals surface area (Å²) >= 11 is 6.30. The molecule has 0 unspecified atom stereocenters. The van der Waals surface area contributed by atoms with E-state index in [9.17, 15) is 4.79 Å². The highest BCUT2D eigenvalue weighted by atomic mass is 35.5. The largest absolute Gasteiger partial charge is 0.486 e. The molecular weight excluding hydrogens is 316 g/mol. The van der Waals surface area contributed by atoms with Crippen LogP contribution in [0, 0.1) is 0 Å². The summed E-state index contributed by atoms with van der Waals surface area (Å²) in [6.07, 6.45) is 0. The minimum atomic E-state index is -0.303. The van der Waals surface area contributed by atoms with E-state index in [2.05, 4.69) is 10.3 Å². The second-order valence-electron chi connectivity index (χ2n) is 5.17.